The molecule has 2 nitrogen and oxygen atoms in total. The first-order chi connectivity index (χ1) is 8.46. The third kappa shape index (κ3) is 3.49. The largest absolute Gasteiger partial charge is 0.493 e. The highest BCUT2D eigenvalue weighted by Crippen LogP contribution is 2.37. The summed E-state index contributed by atoms with van der Waals surface area (Å²) in [6.45, 7) is 7.29. The molecule has 0 spiro atoms. The number of hydrogen-bond acceptors (Lipinski definition) is 2. The van der Waals surface area contributed by atoms with E-state index in [1.807, 2.05) is 12.1 Å². The molecule has 2 heteroatoms. The average molecular weight is 248 g/mol. The summed E-state index contributed by atoms with van der Waals surface area (Å²) in [6, 6.07) is 8.21. The zero-order valence-corrected chi connectivity index (χ0v) is 11.6. The van der Waals surface area contributed by atoms with Crippen LogP contribution in [0.1, 0.15) is 51.5 Å². The van der Waals surface area contributed by atoms with Crippen molar-refractivity contribution in [3.8, 4) is 5.75 Å². The van der Waals surface area contributed by atoms with Crippen molar-refractivity contribution in [1.29, 1.82) is 0 Å². The van der Waals surface area contributed by atoms with Crippen LogP contribution in [0.15, 0.2) is 24.3 Å². The van der Waals surface area contributed by atoms with Crippen LogP contribution in [0.5, 0.6) is 5.75 Å². The van der Waals surface area contributed by atoms with Gasteiger partial charge in [0.2, 0.25) is 0 Å². The predicted octanol–water partition coefficient (Wildman–Crippen LogP) is 3.74. The van der Waals surface area contributed by atoms with E-state index in [1.165, 1.54) is 5.56 Å². The number of fused-ring (bicyclic) bond motifs is 1. The fraction of sp³-hybridized carbons (Fsp3) is 0.625. The summed E-state index contributed by atoms with van der Waals surface area (Å²) in [7, 11) is 0. The minimum Gasteiger partial charge on any atom is -0.493 e. The number of benzene rings is 1. The number of ether oxygens (including phenoxy) is 1. The minimum absolute atomic E-state index is 0.185. The lowest BCUT2D eigenvalue weighted by Gasteiger charge is -2.29. The Labute approximate surface area is 110 Å². The topological polar surface area (TPSA) is 29.5 Å². The third-order valence-electron chi connectivity index (χ3n) is 3.49. The van der Waals surface area contributed by atoms with E-state index in [4.69, 9.17) is 4.74 Å². The first-order valence-corrected chi connectivity index (χ1v) is 6.85. The van der Waals surface area contributed by atoms with Gasteiger partial charge in [0.15, 0.2) is 0 Å². The van der Waals surface area contributed by atoms with Crippen LogP contribution in [0.4, 0.5) is 0 Å². The summed E-state index contributed by atoms with van der Waals surface area (Å²) < 4.78 is 5.65. The Morgan fingerprint density at radius 3 is 2.78 bits per heavy atom. The highest BCUT2D eigenvalue weighted by Gasteiger charge is 2.25. The molecule has 2 atom stereocenters. The van der Waals surface area contributed by atoms with Crippen molar-refractivity contribution in [3.63, 3.8) is 0 Å². The zero-order valence-electron chi connectivity index (χ0n) is 11.6. The third-order valence-corrected chi connectivity index (χ3v) is 3.49. The van der Waals surface area contributed by atoms with Gasteiger partial charge in [0.25, 0.3) is 0 Å². The van der Waals surface area contributed by atoms with E-state index in [9.17, 15) is 5.11 Å². The minimum atomic E-state index is -0.221. The van der Waals surface area contributed by atoms with Crippen LogP contribution < -0.4 is 4.74 Å². The van der Waals surface area contributed by atoms with Crippen molar-refractivity contribution in [2.45, 2.75) is 52.1 Å². The molecule has 1 heterocycles. The lowest BCUT2D eigenvalue weighted by Crippen LogP contribution is -2.23. The van der Waals surface area contributed by atoms with Crippen molar-refractivity contribution >= 4 is 0 Å². The molecule has 100 valence electrons. The molecule has 0 saturated heterocycles. The van der Waals surface area contributed by atoms with Crippen LogP contribution in [-0.2, 0) is 0 Å². The van der Waals surface area contributed by atoms with Crippen LogP contribution in [0, 0.1) is 5.41 Å². The van der Waals surface area contributed by atoms with E-state index in [2.05, 4.69) is 32.9 Å². The van der Waals surface area contributed by atoms with Crippen molar-refractivity contribution in [3.05, 3.63) is 29.8 Å². The van der Waals surface area contributed by atoms with Gasteiger partial charge in [-0.15, -0.1) is 0 Å². The molecule has 0 fully saturated rings. The summed E-state index contributed by atoms with van der Waals surface area (Å²) in [4.78, 5) is 0. The molecule has 1 aromatic rings. The molecule has 1 N–H and O–H groups in total. The van der Waals surface area contributed by atoms with Crippen LogP contribution >= 0.6 is 0 Å². The van der Waals surface area contributed by atoms with Crippen molar-refractivity contribution in [1.82, 2.24) is 0 Å². The molecule has 0 bridgehead atoms. The van der Waals surface area contributed by atoms with E-state index in [1.54, 1.807) is 0 Å². The van der Waals surface area contributed by atoms with Gasteiger partial charge in [-0.3, -0.25) is 0 Å². The fourth-order valence-electron chi connectivity index (χ4n) is 2.78. The maximum Gasteiger partial charge on any atom is 0.122 e. The molecule has 1 aliphatic rings. The monoisotopic (exact) mass is 248 g/mol. The fourth-order valence-corrected chi connectivity index (χ4v) is 2.78. The second-order valence-electron chi connectivity index (χ2n) is 6.53. The summed E-state index contributed by atoms with van der Waals surface area (Å²) in [5.74, 6) is 1.43. The Bertz CT molecular complexity index is 392. The SMILES string of the molecule is CC(C)(C)CC(O)CC1CCOc2ccccc21. The Morgan fingerprint density at radius 1 is 1.33 bits per heavy atom. The van der Waals surface area contributed by atoms with Gasteiger partial charge in [-0.1, -0.05) is 39.0 Å². The first-order valence-electron chi connectivity index (χ1n) is 6.85. The summed E-state index contributed by atoms with van der Waals surface area (Å²) >= 11 is 0. The van der Waals surface area contributed by atoms with Gasteiger partial charge in [-0.25, -0.2) is 0 Å². The van der Waals surface area contributed by atoms with E-state index < -0.39 is 0 Å². The second-order valence-corrected chi connectivity index (χ2v) is 6.53. The molecule has 18 heavy (non-hydrogen) atoms. The number of aliphatic hydroxyl groups is 1. The van der Waals surface area contributed by atoms with Gasteiger partial charge in [-0.05, 0) is 42.2 Å². The Morgan fingerprint density at radius 2 is 2.06 bits per heavy atom. The van der Waals surface area contributed by atoms with Crippen molar-refractivity contribution < 1.29 is 9.84 Å². The molecule has 2 rings (SSSR count). The van der Waals surface area contributed by atoms with Crippen molar-refractivity contribution in [2.24, 2.45) is 5.41 Å². The van der Waals surface area contributed by atoms with Gasteiger partial charge in [0.1, 0.15) is 5.75 Å². The maximum atomic E-state index is 10.2. The molecule has 1 aliphatic heterocycles. The average Bonchev–Trinajstić information content (AvgIpc) is 2.27. The normalized spacial score (nSPS) is 21.0. The van der Waals surface area contributed by atoms with Crippen molar-refractivity contribution in [2.75, 3.05) is 6.61 Å². The maximum absolute atomic E-state index is 10.2. The number of rotatable bonds is 3. The molecule has 0 radical (unpaired) electrons. The summed E-state index contributed by atoms with van der Waals surface area (Å²) in [5.41, 5.74) is 1.45. The lowest BCUT2D eigenvalue weighted by atomic mass is 9.82. The predicted molar refractivity (Wildman–Crippen MR) is 74.0 cm³/mol. The quantitative estimate of drug-likeness (QED) is 0.883. The van der Waals surface area contributed by atoms with Crippen LogP contribution in [0.2, 0.25) is 0 Å². The van der Waals surface area contributed by atoms with Gasteiger partial charge < -0.3 is 9.84 Å². The second kappa shape index (κ2) is 5.31. The Kier molecular flexibility index (Phi) is 3.96. The molecule has 0 aliphatic carbocycles. The molecular weight excluding hydrogens is 224 g/mol. The smallest absolute Gasteiger partial charge is 0.122 e. The van der Waals surface area contributed by atoms with Gasteiger partial charge in [0.05, 0.1) is 12.7 Å². The van der Waals surface area contributed by atoms with Crippen LogP contribution in [0.25, 0.3) is 0 Å². The highest BCUT2D eigenvalue weighted by molar-refractivity contribution is 5.37. The molecule has 0 aromatic heterocycles. The van der Waals surface area contributed by atoms with Gasteiger partial charge in [-0.2, -0.15) is 0 Å². The standard InChI is InChI=1S/C16H24O2/c1-16(2,3)11-13(17)10-12-8-9-18-15-7-5-4-6-14(12)15/h4-7,12-13,17H,8-11H2,1-3H3. The Hall–Kier alpha value is -1.02. The highest BCUT2D eigenvalue weighted by atomic mass is 16.5. The van der Waals surface area contributed by atoms with Crippen LogP contribution in [-0.4, -0.2) is 17.8 Å². The summed E-state index contributed by atoms with van der Waals surface area (Å²) in [5, 5.41) is 10.2. The number of para-hydroxylation sites is 1. The first kappa shape index (κ1) is 13.4. The number of hydrogen-bond donors (Lipinski definition) is 1. The number of aliphatic hydroxyl groups excluding tert-OH is 1. The van der Waals surface area contributed by atoms with E-state index >= 15 is 0 Å². The Balaban J connectivity index is 2.03. The molecule has 0 amide bonds. The van der Waals surface area contributed by atoms with E-state index in [-0.39, 0.29) is 11.5 Å². The lowest BCUT2D eigenvalue weighted by molar-refractivity contribution is 0.0993. The molecule has 2 unspecified atom stereocenters. The van der Waals surface area contributed by atoms with Gasteiger partial charge >= 0.3 is 0 Å². The molecule has 1 aromatic carbocycles. The zero-order chi connectivity index (χ0) is 13.2. The van der Waals surface area contributed by atoms with Gasteiger partial charge in [0, 0.05) is 0 Å². The molecule has 0 saturated carbocycles. The van der Waals surface area contributed by atoms with E-state index in [0.717, 1.165) is 31.6 Å². The van der Waals surface area contributed by atoms with E-state index in [0.29, 0.717) is 5.92 Å². The summed E-state index contributed by atoms with van der Waals surface area (Å²) in [6.07, 6.45) is 2.49. The van der Waals surface area contributed by atoms with Crippen LogP contribution in [0.3, 0.4) is 0 Å². The molecular formula is C16H24O2.